The zero-order chi connectivity index (χ0) is 11.8. The van der Waals surface area contributed by atoms with Gasteiger partial charge in [-0.15, -0.1) is 0 Å². The summed E-state index contributed by atoms with van der Waals surface area (Å²) in [4.78, 5) is 6.94. The lowest BCUT2D eigenvalue weighted by molar-refractivity contribution is 0.392. The molecule has 1 unspecified atom stereocenters. The summed E-state index contributed by atoms with van der Waals surface area (Å²) in [6, 6.07) is 5.96. The van der Waals surface area contributed by atoms with E-state index in [0.29, 0.717) is 5.92 Å². The SMILES string of the molecule is CN1CCC(Cc2nc3cccc(Br)n3n2)C1. The number of pyridine rings is 1. The van der Waals surface area contributed by atoms with E-state index in [0.717, 1.165) is 29.0 Å². The fourth-order valence-electron chi connectivity index (χ4n) is 2.46. The highest BCUT2D eigenvalue weighted by molar-refractivity contribution is 9.10. The van der Waals surface area contributed by atoms with Crippen molar-refractivity contribution in [3.05, 3.63) is 28.6 Å². The number of nitrogens with zero attached hydrogens (tertiary/aromatic N) is 4. The molecule has 0 spiro atoms. The van der Waals surface area contributed by atoms with Gasteiger partial charge in [-0.25, -0.2) is 9.50 Å². The zero-order valence-corrected chi connectivity index (χ0v) is 11.4. The topological polar surface area (TPSA) is 33.4 Å². The van der Waals surface area contributed by atoms with E-state index in [4.69, 9.17) is 0 Å². The molecule has 1 aliphatic rings. The Bertz CT molecular complexity index is 536. The van der Waals surface area contributed by atoms with Crippen molar-refractivity contribution >= 4 is 21.6 Å². The minimum atomic E-state index is 0.705. The second-order valence-electron chi connectivity index (χ2n) is 4.77. The Labute approximate surface area is 109 Å². The molecule has 1 atom stereocenters. The average molecular weight is 295 g/mol. The van der Waals surface area contributed by atoms with E-state index in [9.17, 15) is 0 Å². The van der Waals surface area contributed by atoms with Gasteiger partial charge in [-0.2, -0.15) is 5.10 Å². The van der Waals surface area contributed by atoms with Crippen molar-refractivity contribution < 1.29 is 0 Å². The molecule has 0 amide bonds. The van der Waals surface area contributed by atoms with Crippen LogP contribution in [0.4, 0.5) is 0 Å². The van der Waals surface area contributed by atoms with E-state index in [1.807, 2.05) is 22.7 Å². The third-order valence-corrected chi connectivity index (χ3v) is 3.92. The molecule has 1 fully saturated rings. The normalized spacial score (nSPS) is 21.4. The number of halogens is 1. The Kier molecular flexibility index (Phi) is 2.88. The maximum atomic E-state index is 4.57. The van der Waals surface area contributed by atoms with E-state index in [-0.39, 0.29) is 0 Å². The zero-order valence-electron chi connectivity index (χ0n) is 9.80. The van der Waals surface area contributed by atoms with Gasteiger partial charge >= 0.3 is 0 Å². The van der Waals surface area contributed by atoms with Crippen LogP contribution in [0.15, 0.2) is 22.8 Å². The molecule has 3 rings (SSSR count). The van der Waals surface area contributed by atoms with Gasteiger partial charge in [-0.3, -0.25) is 0 Å². The monoisotopic (exact) mass is 294 g/mol. The Morgan fingerprint density at radius 2 is 2.35 bits per heavy atom. The molecule has 5 heteroatoms. The molecule has 1 saturated heterocycles. The molecule has 1 aliphatic heterocycles. The van der Waals surface area contributed by atoms with E-state index in [1.54, 1.807) is 0 Å². The fraction of sp³-hybridized carbons (Fsp3) is 0.500. The molecule has 2 aromatic rings. The predicted octanol–water partition coefficient (Wildman–Crippen LogP) is 1.99. The highest BCUT2D eigenvalue weighted by Gasteiger charge is 2.21. The first-order chi connectivity index (χ1) is 8.22. The van der Waals surface area contributed by atoms with Gasteiger partial charge in [0, 0.05) is 13.0 Å². The highest BCUT2D eigenvalue weighted by Crippen LogP contribution is 2.19. The molecular formula is C12H15BrN4. The first-order valence-corrected chi connectivity index (χ1v) is 6.70. The van der Waals surface area contributed by atoms with Crippen LogP contribution in [0.25, 0.3) is 5.65 Å². The second kappa shape index (κ2) is 4.38. The second-order valence-corrected chi connectivity index (χ2v) is 5.58. The number of hydrogen-bond donors (Lipinski definition) is 0. The Morgan fingerprint density at radius 3 is 3.06 bits per heavy atom. The summed E-state index contributed by atoms with van der Waals surface area (Å²) in [6.45, 7) is 2.36. The lowest BCUT2D eigenvalue weighted by Crippen LogP contribution is -2.15. The van der Waals surface area contributed by atoms with Crippen LogP contribution in [-0.2, 0) is 6.42 Å². The van der Waals surface area contributed by atoms with Crippen molar-refractivity contribution in [2.45, 2.75) is 12.8 Å². The summed E-state index contributed by atoms with van der Waals surface area (Å²) in [5, 5.41) is 4.54. The van der Waals surface area contributed by atoms with Crippen molar-refractivity contribution in [1.29, 1.82) is 0 Å². The summed E-state index contributed by atoms with van der Waals surface area (Å²) in [5.74, 6) is 1.66. The summed E-state index contributed by atoms with van der Waals surface area (Å²) >= 11 is 3.48. The molecule has 0 aliphatic carbocycles. The Morgan fingerprint density at radius 1 is 1.47 bits per heavy atom. The third kappa shape index (κ3) is 2.21. The van der Waals surface area contributed by atoms with Crippen molar-refractivity contribution in [2.75, 3.05) is 20.1 Å². The largest absolute Gasteiger partial charge is 0.306 e. The molecule has 0 saturated carbocycles. The first-order valence-electron chi connectivity index (χ1n) is 5.91. The Hall–Kier alpha value is -0.940. The molecular weight excluding hydrogens is 280 g/mol. The summed E-state index contributed by atoms with van der Waals surface area (Å²) < 4.78 is 2.81. The van der Waals surface area contributed by atoms with Gasteiger partial charge in [0.15, 0.2) is 11.5 Å². The minimum absolute atomic E-state index is 0.705. The number of rotatable bonds is 2. The summed E-state index contributed by atoms with van der Waals surface area (Å²) in [5.41, 5.74) is 0.917. The molecule has 17 heavy (non-hydrogen) atoms. The number of aromatic nitrogens is 3. The number of fused-ring (bicyclic) bond motifs is 1. The number of likely N-dealkylation sites (tertiary alicyclic amines) is 1. The van der Waals surface area contributed by atoms with Crippen LogP contribution >= 0.6 is 15.9 Å². The molecule has 3 heterocycles. The molecule has 0 radical (unpaired) electrons. The van der Waals surface area contributed by atoms with Crippen LogP contribution in [0.5, 0.6) is 0 Å². The molecule has 0 aromatic carbocycles. The quantitative estimate of drug-likeness (QED) is 0.794. The van der Waals surface area contributed by atoms with Crippen molar-refractivity contribution in [3.8, 4) is 0 Å². The van der Waals surface area contributed by atoms with Crippen LogP contribution < -0.4 is 0 Å². The van der Waals surface area contributed by atoms with Crippen molar-refractivity contribution in [3.63, 3.8) is 0 Å². The van der Waals surface area contributed by atoms with E-state index in [1.165, 1.54) is 13.0 Å². The predicted molar refractivity (Wildman–Crippen MR) is 70.0 cm³/mol. The van der Waals surface area contributed by atoms with Gasteiger partial charge in [0.25, 0.3) is 0 Å². The van der Waals surface area contributed by atoms with E-state index >= 15 is 0 Å². The molecule has 0 N–H and O–H groups in total. The van der Waals surface area contributed by atoms with E-state index in [2.05, 4.69) is 38.0 Å². The maximum absolute atomic E-state index is 4.57. The maximum Gasteiger partial charge on any atom is 0.156 e. The van der Waals surface area contributed by atoms with Crippen LogP contribution in [-0.4, -0.2) is 39.6 Å². The smallest absolute Gasteiger partial charge is 0.156 e. The lowest BCUT2D eigenvalue weighted by Gasteiger charge is -2.07. The lowest BCUT2D eigenvalue weighted by atomic mass is 10.1. The molecule has 0 bridgehead atoms. The fourth-order valence-corrected chi connectivity index (χ4v) is 2.87. The third-order valence-electron chi connectivity index (χ3n) is 3.32. The molecule has 4 nitrogen and oxygen atoms in total. The molecule has 90 valence electrons. The Balaban J connectivity index is 1.84. The minimum Gasteiger partial charge on any atom is -0.306 e. The van der Waals surface area contributed by atoms with Crippen molar-refractivity contribution in [1.82, 2.24) is 19.5 Å². The van der Waals surface area contributed by atoms with Gasteiger partial charge in [-0.1, -0.05) is 6.07 Å². The van der Waals surface area contributed by atoms with Crippen molar-refractivity contribution in [2.24, 2.45) is 5.92 Å². The summed E-state index contributed by atoms with van der Waals surface area (Å²) in [7, 11) is 2.17. The number of hydrogen-bond acceptors (Lipinski definition) is 3. The van der Waals surface area contributed by atoms with Gasteiger partial charge in [0.1, 0.15) is 4.60 Å². The van der Waals surface area contributed by atoms with Gasteiger partial charge in [0.05, 0.1) is 0 Å². The van der Waals surface area contributed by atoms with E-state index < -0.39 is 0 Å². The van der Waals surface area contributed by atoms with Crippen LogP contribution in [0.1, 0.15) is 12.2 Å². The average Bonchev–Trinajstić information content (AvgIpc) is 2.86. The highest BCUT2D eigenvalue weighted by atomic mass is 79.9. The van der Waals surface area contributed by atoms with Crippen LogP contribution in [0.2, 0.25) is 0 Å². The molecule has 2 aromatic heterocycles. The van der Waals surface area contributed by atoms with Gasteiger partial charge in [0.2, 0.25) is 0 Å². The van der Waals surface area contributed by atoms with Crippen LogP contribution in [0, 0.1) is 5.92 Å². The van der Waals surface area contributed by atoms with Crippen LogP contribution in [0.3, 0.4) is 0 Å². The van der Waals surface area contributed by atoms with Gasteiger partial charge < -0.3 is 4.90 Å². The standard InChI is InChI=1S/C12H15BrN4/c1-16-6-5-9(8-16)7-11-14-12-4-2-3-10(13)17(12)15-11/h2-4,9H,5-8H2,1H3. The van der Waals surface area contributed by atoms with Gasteiger partial charge in [-0.05, 0) is 54.0 Å². The first kappa shape index (κ1) is 11.2. The summed E-state index contributed by atoms with van der Waals surface area (Å²) in [6.07, 6.45) is 2.24.